The van der Waals surface area contributed by atoms with Crippen LogP contribution in [0.2, 0.25) is 0 Å². The fourth-order valence-corrected chi connectivity index (χ4v) is 4.41. The molecular weight excluding hydrogens is 288 g/mol. The zero-order chi connectivity index (χ0) is 15.0. The van der Waals surface area contributed by atoms with Crippen molar-refractivity contribution in [3.63, 3.8) is 0 Å². The van der Waals surface area contributed by atoms with Crippen molar-refractivity contribution in [2.75, 3.05) is 18.1 Å². The van der Waals surface area contributed by atoms with E-state index in [0.717, 1.165) is 17.5 Å². The van der Waals surface area contributed by atoms with Crippen LogP contribution in [0.4, 0.5) is 0 Å². The van der Waals surface area contributed by atoms with Crippen LogP contribution in [0.3, 0.4) is 0 Å². The van der Waals surface area contributed by atoms with E-state index in [9.17, 15) is 13.2 Å². The lowest BCUT2D eigenvalue weighted by molar-refractivity contribution is 0.0952. The van der Waals surface area contributed by atoms with Gasteiger partial charge >= 0.3 is 0 Å². The van der Waals surface area contributed by atoms with Gasteiger partial charge in [0.25, 0.3) is 5.91 Å². The second-order valence-electron chi connectivity index (χ2n) is 5.70. The van der Waals surface area contributed by atoms with Crippen molar-refractivity contribution in [1.82, 2.24) is 9.72 Å². The average molecular weight is 306 g/mol. The Hall–Kier alpha value is -1.82. The number of nitrogens with zero attached hydrogens (tertiary/aromatic N) is 1. The number of carbonyl (C=O) groups is 1. The Balaban J connectivity index is 1.58. The third-order valence-corrected chi connectivity index (χ3v) is 5.88. The van der Waals surface area contributed by atoms with E-state index in [-0.39, 0.29) is 23.3 Å². The maximum Gasteiger partial charge on any atom is 0.252 e. The van der Waals surface area contributed by atoms with Crippen molar-refractivity contribution in [1.29, 1.82) is 0 Å². The van der Waals surface area contributed by atoms with Crippen molar-refractivity contribution in [3.05, 3.63) is 41.7 Å². The predicted octanol–water partition coefficient (Wildman–Crippen LogP) is 1.41. The summed E-state index contributed by atoms with van der Waals surface area (Å²) in [5.74, 6) is 0.613. The van der Waals surface area contributed by atoms with E-state index in [1.54, 1.807) is 0 Å². The number of rotatable bonds is 4. The summed E-state index contributed by atoms with van der Waals surface area (Å²) in [5, 5.41) is 2.86. The van der Waals surface area contributed by atoms with E-state index in [1.807, 2.05) is 41.9 Å². The molecule has 0 spiro atoms. The number of aryl methyl sites for hydroxylation is 1. The van der Waals surface area contributed by atoms with Crippen LogP contribution in [-0.2, 0) is 9.84 Å². The number of nitrogens with one attached hydrogen (secondary N) is 1. The summed E-state index contributed by atoms with van der Waals surface area (Å²) in [4.78, 5) is 12.1. The monoisotopic (exact) mass is 306 g/mol. The molecule has 1 N–H and O–H groups in total. The number of carbonyl (C=O) groups excluding carboxylic acids is 1. The standard InChI is InChI=1S/C15H18N2O3S/c1-11-3-2-6-17-8-13(7-14(11)17)15(18)16-5-4-12-9-21(19,20)10-12/h2-3,6-8,12H,4-5,9-10H2,1H3,(H,16,18). The Kier molecular flexibility index (Phi) is 3.49. The number of hydrogen-bond acceptors (Lipinski definition) is 3. The number of sulfone groups is 1. The molecule has 0 atom stereocenters. The largest absolute Gasteiger partial charge is 0.352 e. The van der Waals surface area contributed by atoms with Gasteiger partial charge in [-0.1, -0.05) is 6.07 Å². The normalized spacial score (nSPS) is 17.6. The van der Waals surface area contributed by atoms with Gasteiger partial charge in [0.05, 0.1) is 17.1 Å². The Labute approximate surface area is 123 Å². The molecule has 0 aliphatic carbocycles. The topological polar surface area (TPSA) is 67.7 Å². The third-order valence-electron chi connectivity index (χ3n) is 3.93. The summed E-state index contributed by atoms with van der Waals surface area (Å²) in [6.07, 6.45) is 4.45. The molecule has 1 aliphatic rings. The molecule has 2 aromatic rings. The van der Waals surface area contributed by atoms with Gasteiger partial charge in [-0.3, -0.25) is 4.79 Å². The highest BCUT2D eigenvalue weighted by atomic mass is 32.2. The van der Waals surface area contributed by atoms with E-state index in [4.69, 9.17) is 0 Å². The van der Waals surface area contributed by atoms with Crippen molar-refractivity contribution in [2.24, 2.45) is 5.92 Å². The van der Waals surface area contributed by atoms with E-state index in [0.29, 0.717) is 12.1 Å². The van der Waals surface area contributed by atoms with Crippen molar-refractivity contribution in [2.45, 2.75) is 13.3 Å². The van der Waals surface area contributed by atoms with Crippen LogP contribution < -0.4 is 5.32 Å². The maximum atomic E-state index is 12.1. The van der Waals surface area contributed by atoms with Crippen LogP contribution in [0.25, 0.3) is 5.52 Å². The lowest BCUT2D eigenvalue weighted by Gasteiger charge is -2.25. The van der Waals surface area contributed by atoms with Gasteiger partial charge in [0.1, 0.15) is 0 Å². The molecule has 3 heterocycles. The minimum atomic E-state index is -2.77. The number of amides is 1. The summed E-state index contributed by atoms with van der Waals surface area (Å²) in [7, 11) is -2.77. The Morgan fingerprint density at radius 3 is 2.86 bits per heavy atom. The second kappa shape index (κ2) is 5.18. The molecule has 0 aromatic carbocycles. The minimum absolute atomic E-state index is 0.111. The molecule has 1 amide bonds. The van der Waals surface area contributed by atoms with Gasteiger partial charge in [-0.15, -0.1) is 0 Å². The number of hydrogen-bond donors (Lipinski definition) is 1. The predicted molar refractivity (Wildman–Crippen MR) is 81.2 cm³/mol. The summed E-state index contributed by atoms with van der Waals surface area (Å²) < 4.78 is 24.0. The van der Waals surface area contributed by atoms with Gasteiger partial charge in [-0.25, -0.2) is 8.42 Å². The number of aromatic nitrogens is 1. The molecule has 21 heavy (non-hydrogen) atoms. The zero-order valence-corrected chi connectivity index (χ0v) is 12.7. The SMILES string of the molecule is Cc1cccn2cc(C(=O)NCCC3CS(=O)(=O)C3)cc12. The van der Waals surface area contributed by atoms with Crippen molar-refractivity contribution >= 4 is 21.3 Å². The minimum Gasteiger partial charge on any atom is -0.352 e. The van der Waals surface area contributed by atoms with E-state index < -0.39 is 9.84 Å². The molecule has 1 saturated heterocycles. The van der Waals surface area contributed by atoms with Crippen LogP contribution in [0.5, 0.6) is 0 Å². The number of pyridine rings is 1. The van der Waals surface area contributed by atoms with Crippen LogP contribution in [-0.4, -0.2) is 36.8 Å². The van der Waals surface area contributed by atoms with E-state index in [1.165, 1.54) is 0 Å². The molecule has 3 rings (SSSR count). The highest BCUT2D eigenvalue weighted by Gasteiger charge is 2.32. The zero-order valence-electron chi connectivity index (χ0n) is 11.9. The van der Waals surface area contributed by atoms with Crippen LogP contribution >= 0.6 is 0 Å². The average Bonchev–Trinajstić information content (AvgIpc) is 2.82. The van der Waals surface area contributed by atoms with Gasteiger partial charge in [0.2, 0.25) is 0 Å². The highest BCUT2D eigenvalue weighted by molar-refractivity contribution is 7.92. The molecule has 112 valence electrons. The fraction of sp³-hybridized carbons (Fsp3) is 0.400. The van der Waals surface area contributed by atoms with Crippen LogP contribution in [0.15, 0.2) is 30.6 Å². The molecule has 5 nitrogen and oxygen atoms in total. The highest BCUT2D eigenvalue weighted by Crippen LogP contribution is 2.21. The van der Waals surface area contributed by atoms with Crippen LogP contribution in [0, 0.1) is 12.8 Å². The number of fused-ring (bicyclic) bond motifs is 1. The summed E-state index contributed by atoms with van der Waals surface area (Å²) in [5.41, 5.74) is 2.77. The van der Waals surface area contributed by atoms with Crippen LogP contribution in [0.1, 0.15) is 22.3 Å². The molecule has 1 fully saturated rings. The smallest absolute Gasteiger partial charge is 0.252 e. The molecular formula is C15H18N2O3S. The molecule has 2 aromatic heterocycles. The quantitative estimate of drug-likeness (QED) is 0.928. The van der Waals surface area contributed by atoms with Crippen molar-refractivity contribution < 1.29 is 13.2 Å². The first-order valence-electron chi connectivity index (χ1n) is 7.00. The Morgan fingerprint density at radius 1 is 1.43 bits per heavy atom. The molecule has 0 radical (unpaired) electrons. The van der Waals surface area contributed by atoms with E-state index >= 15 is 0 Å². The first kappa shape index (κ1) is 14.1. The molecule has 0 saturated carbocycles. The molecule has 6 heteroatoms. The third kappa shape index (κ3) is 2.95. The first-order chi connectivity index (χ1) is 9.94. The van der Waals surface area contributed by atoms with Gasteiger partial charge < -0.3 is 9.72 Å². The maximum absolute atomic E-state index is 12.1. The lowest BCUT2D eigenvalue weighted by Crippen LogP contribution is -2.38. The van der Waals surface area contributed by atoms with E-state index in [2.05, 4.69) is 5.32 Å². The Bertz CT molecular complexity index is 780. The van der Waals surface area contributed by atoms with Gasteiger partial charge in [-0.05, 0) is 37.0 Å². The first-order valence-corrected chi connectivity index (χ1v) is 8.83. The van der Waals surface area contributed by atoms with Gasteiger partial charge in [0.15, 0.2) is 9.84 Å². The molecule has 1 aliphatic heterocycles. The lowest BCUT2D eigenvalue weighted by atomic mass is 10.1. The molecule has 0 unspecified atom stereocenters. The van der Waals surface area contributed by atoms with Gasteiger partial charge in [0, 0.05) is 24.5 Å². The second-order valence-corrected chi connectivity index (χ2v) is 7.85. The fourth-order valence-electron chi connectivity index (χ4n) is 2.74. The summed E-state index contributed by atoms with van der Waals surface area (Å²) in [6, 6.07) is 5.83. The summed E-state index contributed by atoms with van der Waals surface area (Å²) in [6.45, 7) is 2.53. The van der Waals surface area contributed by atoms with Gasteiger partial charge in [-0.2, -0.15) is 0 Å². The Morgan fingerprint density at radius 2 is 2.19 bits per heavy atom. The van der Waals surface area contributed by atoms with Crippen molar-refractivity contribution in [3.8, 4) is 0 Å². The summed E-state index contributed by atoms with van der Waals surface area (Å²) >= 11 is 0. The molecule has 0 bridgehead atoms.